The van der Waals surface area contributed by atoms with Crippen LogP contribution in [0.25, 0.3) is 22.3 Å². The average Bonchev–Trinajstić information content (AvgIpc) is 2.96. The molecule has 4 rings (SSSR count). The second kappa shape index (κ2) is 13.6. The van der Waals surface area contributed by atoms with E-state index in [9.17, 15) is 14.4 Å². The highest BCUT2D eigenvalue weighted by molar-refractivity contribution is 7.99. The third-order valence-electron chi connectivity index (χ3n) is 5.99. The number of aromatic nitrogens is 2. The van der Waals surface area contributed by atoms with Gasteiger partial charge in [-0.15, -0.1) is 0 Å². The summed E-state index contributed by atoms with van der Waals surface area (Å²) < 4.78 is 10.0. The van der Waals surface area contributed by atoms with E-state index >= 15 is 0 Å². The van der Waals surface area contributed by atoms with Crippen molar-refractivity contribution in [1.82, 2.24) is 15.3 Å². The van der Waals surface area contributed by atoms with Gasteiger partial charge in [-0.05, 0) is 56.7 Å². The summed E-state index contributed by atoms with van der Waals surface area (Å²) in [6.07, 6.45) is 0.0380. The van der Waals surface area contributed by atoms with E-state index in [4.69, 9.17) is 30.9 Å². The Morgan fingerprint density at radius 3 is 2.32 bits per heavy atom. The van der Waals surface area contributed by atoms with E-state index in [1.165, 1.54) is 11.8 Å². The molecule has 0 aliphatic rings. The van der Waals surface area contributed by atoms with Crippen LogP contribution in [0.2, 0.25) is 0 Å². The van der Waals surface area contributed by atoms with Crippen LogP contribution in [-0.2, 0) is 19.1 Å². The van der Waals surface area contributed by atoms with Gasteiger partial charge >= 0.3 is 11.9 Å². The molecule has 1 aromatic heterocycles. The Kier molecular flexibility index (Phi) is 9.75. The van der Waals surface area contributed by atoms with Gasteiger partial charge in [0.05, 0.1) is 24.4 Å². The zero-order chi connectivity index (χ0) is 29.4. The van der Waals surface area contributed by atoms with Gasteiger partial charge in [0, 0.05) is 28.1 Å². The van der Waals surface area contributed by atoms with Crippen molar-refractivity contribution in [2.45, 2.75) is 42.7 Å². The number of amides is 1. The van der Waals surface area contributed by atoms with Crippen molar-refractivity contribution in [2.75, 3.05) is 24.7 Å². The van der Waals surface area contributed by atoms with Crippen LogP contribution in [0.1, 0.15) is 37.0 Å². The smallest absolute Gasteiger partial charge is 0.328 e. The van der Waals surface area contributed by atoms with E-state index in [0.29, 0.717) is 38.7 Å². The maximum Gasteiger partial charge on any atom is 0.328 e. The number of nitrogen functional groups attached to an aromatic ring is 2. The topological polar surface area (TPSA) is 160 Å². The highest BCUT2D eigenvalue weighted by Gasteiger charge is 2.24. The molecule has 0 bridgehead atoms. The van der Waals surface area contributed by atoms with Crippen molar-refractivity contribution in [2.24, 2.45) is 0 Å². The summed E-state index contributed by atoms with van der Waals surface area (Å²) in [5.74, 6) is -1.53. The number of anilines is 2. The summed E-state index contributed by atoms with van der Waals surface area (Å²) in [4.78, 5) is 47.6. The minimum absolute atomic E-state index is 0.0268. The van der Waals surface area contributed by atoms with Crippen molar-refractivity contribution < 1.29 is 23.9 Å². The Morgan fingerprint density at radius 1 is 0.927 bits per heavy atom. The number of nitrogens with zero attached hydrogens (tertiary/aromatic N) is 2. The molecule has 212 valence electrons. The molecule has 1 atom stereocenters. The van der Waals surface area contributed by atoms with E-state index in [2.05, 4.69) is 5.32 Å². The molecule has 0 unspecified atom stereocenters. The second-order valence-electron chi connectivity index (χ2n) is 8.97. The number of fused-ring (bicyclic) bond motifs is 1. The van der Waals surface area contributed by atoms with Crippen molar-refractivity contribution in [3.63, 3.8) is 0 Å². The summed E-state index contributed by atoms with van der Waals surface area (Å²) in [5.41, 5.74) is 16.1. The molecular weight excluding hydrogens is 542 g/mol. The molecule has 1 heterocycles. The molecule has 0 spiro atoms. The summed E-state index contributed by atoms with van der Waals surface area (Å²) >= 11 is 1.38. The normalized spacial score (nSPS) is 11.6. The number of hydrogen-bond donors (Lipinski definition) is 3. The fraction of sp³-hybridized carbons (Fsp3) is 0.233. The van der Waals surface area contributed by atoms with Gasteiger partial charge in [0.25, 0.3) is 5.91 Å². The maximum atomic E-state index is 13.0. The number of hydrogen-bond acceptors (Lipinski definition) is 10. The third kappa shape index (κ3) is 7.52. The van der Waals surface area contributed by atoms with Crippen molar-refractivity contribution >= 4 is 52.0 Å². The third-order valence-corrected chi connectivity index (χ3v) is 6.97. The number of ether oxygens (including phenoxy) is 2. The minimum Gasteiger partial charge on any atom is -0.466 e. The first-order valence-corrected chi connectivity index (χ1v) is 13.9. The first-order valence-electron chi connectivity index (χ1n) is 13.1. The van der Waals surface area contributed by atoms with Crippen LogP contribution < -0.4 is 16.8 Å². The lowest BCUT2D eigenvalue weighted by atomic mass is 10.1. The van der Waals surface area contributed by atoms with Crippen molar-refractivity contribution in [3.8, 4) is 11.3 Å². The van der Waals surface area contributed by atoms with Crippen LogP contribution in [0.15, 0.2) is 76.7 Å². The van der Waals surface area contributed by atoms with E-state index < -0.39 is 23.9 Å². The molecular formula is C30H31N5O5S. The number of esters is 2. The van der Waals surface area contributed by atoms with Crippen molar-refractivity contribution in [3.05, 3.63) is 72.3 Å². The molecule has 0 radical (unpaired) electrons. The molecule has 5 N–H and O–H groups in total. The number of carbonyl (C=O) groups is 3. The lowest BCUT2D eigenvalue weighted by molar-refractivity contribution is -0.146. The molecule has 1 amide bonds. The summed E-state index contributed by atoms with van der Waals surface area (Å²) in [6, 6.07) is 18.9. The Morgan fingerprint density at radius 2 is 1.63 bits per heavy atom. The van der Waals surface area contributed by atoms with E-state index in [-0.39, 0.29) is 26.1 Å². The molecule has 10 nitrogen and oxygen atoms in total. The molecule has 4 aromatic rings. The van der Waals surface area contributed by atoms with Gasteiger partial charge in [-0.3, -0.25) is 9.59 Å². The van der Waals surface area contributed by atoms with Crippen LogP contribution in [-0.4, -0.2) is 47.1 Å². The fourth-order valence-electron chi connectivity index (χ4n) is 4.06. The van der Waals surface area contributed by atoms with Gasteiger partial charge < -0.3 is 26.3 Å². The molecule has 0 aliphatic heterocycles. The zero-order valence-electron chi connectivity index (χ0n) is 22.8. The fourth-order valence-corrected chi connectivity index (χ4v) is 4.96. The predicted molar refractivity (Wildman–Crippen MR) is 158 cm³/mol. The van der Waals surface area contributed by atoms with Gasteiger partial charge in [0.2, 0.25) is 0 Å². The first kappa shape index (κ1) is 29.3. The van der Waals surface area contributed by atoms with E-state index in [1.807, 2.05) is 30.3 Å². The predicted octanol–water partition coefficient (Wildman–Crippen LogP) is 4.62. The second-order valence-corrected chi connectivity index (χ2v) is 10.0. The SMILES string of the molecule is CCOC(=O)CC[C@H](NC(=O)c1ccc(Sc2nc3cc(N)cc(N)c3nc2-c2ccccc2)cc1)C(=O)OCC. The number of rotatable bonds is 11. The summed E-state index contributed by atoms with van der Waals surface area (Å²) in [5, 5.41) is 3.32. The molecule has 0 aliphatic carbocycles. The molecule has 0 saturated carbocycles. The van der Waals surface area contributed by atoms with Gasteiger partial charge in [-0.1, -0.05) is 42.1 Å². The lowest BCUT2D eigenvalue weighted by Gasteiger charge is -2.17. The quantitative estimate of drug-likeness (QED) is 0.171. The Bertz CT molecular complexity index is 1550. The molecule has 11 heteroatoms. The Labute approximate surface area is 241 Å². The molecule has 0 fully saturated rings. The van der Waals surface area contributed by atoms with Gasteiger partial charge in [0.1, 0.15) is 22.3 Å². The zero-order valence-corrected chi connectivity index (χ0v) is 23.6. The Balaban J connectivity index is 1.55. The number of nitrogens with two attached hydrogens (primary N) is 2. The van der Waals surface area contributed by atoms with Crippen LogP contribution >= 0.6 is 11.8 Å². The van der Waals surface area contributed by atoms with Crippen molar-refractivity contribution in [1.29, 1.82) is 0 Å². The van der Waals surface area contributed by atoms with Crippen LogP contribution in [0.5, 0.6) is 0 Å². The lowest BCUT2D eigenvalue weighted by Crippen LogP contribution is -2.42. The van der Waals surface area contributed by atoms with E-state index in [0.717, 1.165) is 10.5 Å². The summed E-state index contributed by atoms with van der Waals surface area (Å²) in [7, 11) is 0. The number of carbonyl (C=O) groups excluding carboxylic acids is 3. The number of benzene rings is 3. The van der Waals surface area contributed by atoms with Crippen LogP contribution in [0, 0.1) is 0 Å². The maximum absolute atomic E-state index is 13.0. The molecule has 41 heavy (non-hydrogen) atoms. The van der Waals surface area contributed by atoms with E-state index in [1.54, 1.807) is 50.2 Å². The monoisotopic (exact) mass is 573 g/mol. The molecule has 0 saturated heterocycles. The molecule has 3 aromatic carbocycles. The standard InChI is InChI=1S/C30H31N5O5S/c1-3-39-25(36)15-14-23(30(38)40-4-2)33-28(37)19-10-12-21(13-11-19)41-29-26(18-8-6-5-7-9-18)35-27-22(32)16-20(31)17-24(27)34-29/h5-13,16-17,23H,3-4,14-15,31-32H2,1-2H3,(H,33,37)/t23-/m0/s1. The van der Waals surface area contributed by atoms with Gasteiger partial charge in [-0.25, -0.2) is 14.8 Å². The van der Waals surface area contributed by atoms with Crippen LogP contribution in [0.3, 0.4) is 0 Å². The highest BCUT2D eigenvalue weighted by atomic mass is 32.2. The Hall–Kier alpha value is -4.64. The highest BCUT2D eigenvalue weighted by Crippen LogP contribution is 2.36. The van der Waals surface area contributed by atoms with Gasteiger partial charge in [-0.2, -0.15) is 0 Å². The van der Waals surface area contributed by atoms with Crippen LogP contribution in [0.4, 0.5) is 11.4 Å². The first-order chi connectivity index (χ1) is 19.8. The average molecular weight is 574 g/mol. The largest absolute Gasteiger partial charge is 0.466 e. The number of nitrogens with one attached hydrogen (secondary N) is 1. The summed E-state index contributed by atoms with van der Waals surface area (Å²) in [6.45, 7) is 3.76. The minimum atomic E-state index is -0.984. The van der Waals surface area contributed by atoms with Gasteiger partial charge in [0.15, 0.2) is 0 Å².